The molecule has 0 saturated heterocycles. The van der Waals surface area contributed by atoms with Crippen LogP contribution in [0.4, 0.5) is 10.7 Å². The Morgan fingerprint density at radius 2 is 1.90 bits per heavy atom. The summed E-state index contributed by atoms with van der Waals surface area (Å²) in [5.74, 6) is -1.27. The van der Waals surface area contributed by atoms with Crippen LogP contribution in [0.1, 0.15) is 33.3 Å². The Labute approximate surface area is 117 Å². The first-order valence-electron chi connectivity index (χ1n) is 6.21. The van der Waals surface area contributed by atoms with Crippen molar-refractivity contribution in [2.75, 3.05) is 5.32 Å². The highest BCUT2D eigenvalue weighted by Crippen LogP contribution is 2.10. The zero-order valence-corrected chi connectivity index (χ0v) is 12.0. The van der Waals surface area contributed by atoms with Gasteiger partial charge in [0, 0.05) is 12.4 Å². The maximum absolute atomic E-state index is 11.5. The van der Waals surface area contributed by atoms with Crippen LogP contribution in [0.3, 0.4) is 0 Å². The van der Waals surface area contributed by atoms with E-state index in [2.05, 4.69) is 15.3 Å². The highest BCUT2D eigenvalue weighted by atomic mass is 16.6. The molecular weight excluding hydrogens is 262 g/mol. The molecule has 0 fully saturated rings. The standard InChI is InChI=1S/C13H19N3O4/c1-8(10(17)18)5-9-6-14-11(15-7-9)16-12(19)20-13(2,3)4/h6-8H,5H2,1-4H3,(H,17,18)(H,14,15,16,19). The maximum Gasteiger partial charge on any atom is 0.414 e. The summed E-state index contributed by atoms with van der Waals surface area (Å²) in [5, 5.41) is 11.2. The highest BCUT2D eigenvalue weighted by molar-refractivity contribution is 5.82. The van der Waals surface area contributed by atoms with Crippen LogP contribution in [0.25, 0.3) is 0 Å². The van der Waals surface area contributed by atoms with E-state index in [9.17, 15) is 9.59 Å². The number of carboxylic acids is 1. The van der Waals surface area contributed by atoms with Gasteiger partial charge < -0.3 is 9.84 Å². The Balaban J connectivity index is 2.59. The van der Waals surface area contributed by atoms with E-state index < -0.39 is 23.6 Å². The lowest BCUT2D eigenvalue weighted by Gasteiger charge is -2.19. The summed E-state index contributed by atoms with van der Waals surface area (Å²) in [7, 11) is 0. The summed E-state index contributed by atoms with van der Waals surface area (Å²) >= 11 is 0. The van der Waals surface area contributed by atoms with E-state index in [0.29, 0.717) is 12.0 Å². The van der Waals surface area contributed by atoms with Crippen molar-refractivity contribution in [2.45, 2.75) is 39.7 Å². The highest BCUT2D eigenvalue weighted by Gasteiger charge is 2.17. The fourth-order valence-electron chi connectivity index (χ4n) is 1.36. The predicted molar refractivity (Wildman–Crippen MR) is 72.4 cm³/mol. The molecule has 1 atom stereocenters. The van der Waals surface area contributed by atoms with Gasteiger partial charge in [0.15, 0.2) is 0 Å². The molecule has 0 radical (unpaired) electrons. The molecule has 1 aromatic rings. The van der Waals surface area contributed by atoms with Crippen LogP contribution in [-0.2, 0) is 16.0 Å². The number of nitrogens with one attached hydrogen (secondary N) is 1. The average molecular weight is 281 g/mol. The molecule has 7 heteroatoms. The molecule has 20 heavy (non-hydrogen) atoms. The Morgan fingerprint density at radius 1 is 1.35 bits per heavy atom. The molecule has 0 bridgehead atoms. The zero-order chi connectivity index (χ0) is 15.3. The summed E-state index contributed by atoms with van der Waals surface area (Å²) in [6.07, 6.45) is 2.67. The summed E-state index contributed by atoms with van der Waals surface area (Å²) in [6, 6.07) is 0. The first-order chi connectivity index (χ1) is 9.17. The number of aromatic nitrogens is 2. The number of hydrogen-bond donors (Lipinski definition) is 2. The van der Waals surface area contributed by atoms with Crippen LogP contribution < -0.4 is 5.32 Å². The Morgan fingerprint density at radius 3 is 2.35 bits per heavy atom. The first-order valence-corrected chi connectivity index (χ1v) is 6.21. The molecule has 2 N–H and O–H groups in total. The number of carboxylic acid groups (broad SMARTS) is 1. The number of carbonyl (C=O) groups excluding carboxylic acids is 1. The summed E-state index contributed by atoms with van der Waals surface area (Å²) in [6.45, 7) is 6.87. The molecule has 0 saturated carbocycles. The topological polar surface area (TPSA) is 101 Å². The molecule has 1 amide bonds. The van der Waals surface area contributed by atoms with E-state index in [-0.39, 0.29) is 5.95 Å². The number of rotatable bonds is 4. The summed E-state index contributed by atoms with van der Waals surface area (Å²) < 4.78 is 5.06. The smallest absolute Gasteiger partial charge is 0.414 e. The van der Waals surface area contributed by atoms with E-state index in [1.807, 2.05) is 0 Å². The molecular formula is C13H19N3O4. The normalized spacial score (nSPS) is 12.6. The van der Waals surface area contributed by atoms with E-state index >= 15 is 0 Å². The molecule has 0 spiro atoms. The van der Waals surface area contributed by atoms with Crippen LogP contribution in [0.5, 0.6) is 0 Å². The minimum absolute atomic E-state index is 0.117. The van der Waals surface area contributed by atoms with Crippen molar-refractivity contribution in [3.63, 3.8) is 0 Å². The number of hydrogen-bond acceptors (Lipinski definition) is 5. The second-order valence-corrected chi connectivity index (χ2v) is 5.49. The average Bonchev–Trinajstić information content (AvgIpc) is 2.28. The molecule has 110 valence electrons. The molecule has 1 rings (SSSR count). The van der Waals surface area contributed by atoms with E-state index in [1.54, 1.807) is 27.7 Å². The monoisotopic (exact) mass is 281 g/mol. The summed E-state index contributed by atoms with van der Waals surface area (Å²) in [4.78, 5) is 30.1. The van der Waals surface area contributed by atoms with Gasteiger partial charge in [-0.05, 0) is 32.8 Å². The van der Waals surface area contributed by atoms with Crippen LogP contribution in [0, 0.1) is 5.92 Å². The fourth-order valence-corrected chi connectivity index (χ4v) is 1.36. The van der Waals surface area contributed by atoms with E-state index in [0.717, 1.165) is 0 Å². The third-order valence-electron chi connectivity index (χ3n) is 2.28. The molecule has 1 heterocycles. The number of anilines is 1. The maximum atomic E-state index is 11.5. The SMILES string of the molecule is CC(Cc1cnc(NC(=O)OC(C)(C)C)nc1)C(=O)O. The van der Waals surface area contributed by atoms with E-state index in [4.69, 9.17) is 9.84 Å². The second kappa shape index (κ2) is 6.31. The van der Waals surface area contributed by atoms with Crippen molar-refractivity contribution in [3.05, 3.63) is 18.0 Å². The van der Waals surface area contributed by atoms with Gasteiger partial charge in [0.1, 0.15) is 5.60 Å². The van der Waals surface area contributed by atoms with Crippen molar-refractivity contribution in [1.82, 2.24) is 9.97 Å². The molecule has 0 aliphatic carbocycles. The Hall–Kier alpha value is -2.18. The second-order valence-electron chi connectivity index (χ2n) is 5.49. The van der Waals surface area contributed by atoms with Gasteiger partial charge in [-0.15, -0.1) is 0 Å². The Bertz CT molecular complexity index is 479. The van der Waals surface area contributed by atoms with Crippen molar-refractivity contribution >= 4 is 18.0 Å². The van der Waals surface area contributed by atoms with Gasteiger partial charge in [0.2, 0.25) is 5.95 Å². The fraction of sp³-hybridized carbons (Fsp3) is 0.538. The lowest BCUT2D eigenvalue weighted by molar-refractivity contribution is -0.141. The van der Waals surface area contributed by atoms with Crippen LogP contribution >= 0.6 is 0 Å². The van der Waals surface area contributed by atoms with Crippen molar-refractivity contribution in [1.29, 1.82) is 0 Å². The van der Waals surface area contributed by atoms with E-state index in [1.165, 1.54) is 12.4 Å². The minimum Gasteiger partial charge on any atom is -0.481 e. The van der Waals surface area contributed by atoms with Gasteiger partial charge in [-0.1, -0.05) is 6.92 Å². The van der Waals surface area contributed by atoms with Crippen molar-refractivity contribution in [3.8, 4) is 0 Å². The van der Waals surface area contributed by atoms with Gasteiger partial charge in [-0.3, -0.25) is 10.1 Å². The number of nitrogens with zero attached hydrogens (tertiary/aromatic N) is 2. The Kier molecular flexibility index (Phi) is 5.01. The van der Waals surface area contributed by atoms with Crippen LogP contribution in [-0.4, -0.2) is 32.7 Å². The first kappa shape index (κ1) is 15.9. The molecule has 0 aliphatic heterocycles. The summed E-state index contributed by atoms with van der Waals surface area (Å²) in [5.41, 5.74) is 0.0932. The van der Waals surface area contributed by atoms with Crippen molar-refractivity contribution in [2.24, 2.45) is 5.92 Å². The lowest BCUT2D eigenvalue weighted by Crippen LogP contribution is -2.27. The van der Waals surface area contributed by atoms with Crippen molar-refractivity contribution < 1.29 is 19.4 Å². The van der Waals surface area contributed by atoms with Gasteiger partial charge in [0.25, 0.3) is 0 Å². The van der Waals surface area contributed by atoms with Crippen LogP contribution in [0.15, 0.2) is 12.4 Å². The molecule has 0 aliphatic rings. The molecule has 0 aromatic carbocycles. The van der Waals surface area contributed by atoms with Gasteiger partial charge in [-0.2, -0.15) is 0 Å². The van der Waals surface area contributed by atoms with Gasteiger partial charge in [-0.25, -0.2) is 14.8 Å². The minimum atomic E-state index is -0.874. The third-order valence-corrected chi connectivity index (χ3v) is 2.28. The largest absolute Gasteiger partial charge is 0.481 e. The number of aliphatic carboxylic acids is 1. The van der Waals surface area contributed by atoms with Crippen LogP contribution in [0.2, 0.25) is 0 Å². The number of carbonyl (C=O) groups is 2. The number of amides is 1. The van der Waals surface area contributed by atoms with Gasteiger partial charge >= 0.3 is 12.1 Å². The predicted octanol–water partition coefficient (Wildman–Crippen LogP) is 2.09. The number of ether oxygens (including phenoxy) is 1. The lowest BCUT2D eigenvalue weighted by atomic mass is 10.0. The molecule has 1 unspecified atom stereocenters. The quantitative estimate of drug-likeness (QED) is 0.876. The zero-order valence-electron chi connectivity index (χ0n) is 12.0. The third kappa shape index (κ3) is 5.64. The molecule has 1 aromatic heterocycles. The van der Waals surface area contributed by atoms with Gasteiger partial charge in [0.05, 0.1) is 5.92 Å². The molecule has 7 nitrogen and oxygen atoms in total.